The van der Waals surface area contributed by atoms with Crippen LogP contribution >= 0.6 is 11.3 Å². The van der Waals surface area contributed by atoms with Gasteiger partial charge in [-0.3, -0.25) is 4.79 Å². The summed E-state index contributed by atoms with van der Waals surface area (Å²) >= 11 is 1.46. The van der Waals surface area contributed by atoms with Crippen LogP contribution in [0.4, 0.5) is 0 Å². The summed E-state index contributed by atoms with van der Waals surface area (Å²) in [6, 6.07) is 11.9. The first kappa shape index (κ1) is 17.6. The highest BCUT2D eigenvalue weighted by atomic mass is 32.1. The van der Waals surface area contributed by atoms with Gasteiger partial charge in [0, 0.05) is 11.9 Å². The van der Waals surface area contributed by atoms with Crippen LogP contribution in [0, 0.1) is 12.8 Å². The Bertz CT molecular complexity index is 897. The maximum absolute atomic E-state index is 12.8. The SMILES string of the molecule is Cc1nn(-c2ccccc2)c2sc(C(=O)NC(C)(CN)C(C)C)cc12. The summed E-state index contributed by atoms with van der Waals surface area (Å²) in [7, 11) is 0. The van der Waals surface area contributed by atoms with Gasteiger partial charge in [0.15, 0.2) is 0 Å². The summed E-state index contributed by atoms with van der Waals surface area (Å²) in [5.41, 5.74) is 7.37. The summed E-state index contributed by atoms with van der Waals surface area (Å²) in [5, 5.41) is 8.73. The molecule has 0 fully saturated rings. The number of amides is 1. The molecular weight excluding hydrogens is 332 g/mol. The number of carbonyl (C=O) groups excluding carboxylic acids is 1. The Labute approximate surface area is 151 Å². The summed E-state index contributed by atoms with van der Waals surface area (Å²) in [6.07, 6.45) is 0. The van der Waals surface area contributed by atoms with E-state index in [9.17, 15) is 4.79 Å². The van der Waals surface area contributed by atoms with Crippen molar-refractivity contribution in [1.82, 2.24) is 15.1 Å². The average Bonchev–Trinajstić information content (AvgIpc) is 3.16. The number of thiophene rings is 1. The molecule has 1 aromatic carbocycles. The minimum atomic E-state index is -0.423. The molecule has 2 heterocycles. The van der Waals surface area contributed by atoms with Gasteiger partial charge in [-0.2, -0.15) is 5.10 Å². The van der Waals surface area contributed by atoms with E-state index in [2.05, 4.69) is 24.3 Å². The number of benzene rings is 1. The van der Waals surface area contributed by atoms with Gasteiger partial charge in [-0.05, 0) is 38.0 Å². The Morgan fingerprint density at radius 1 is 1.36 bits per heavy atom. The topological polar surface area (TPSA) is 72.9 Å². The second-order valence-corrected chi connectivity index (χ2v) is 7.92. The van der Waals surface area contributed by atoms with Crippen LogP contribution in [0.25, 0.3) is 15.9 Å². The molecule has 1 amide bonds. The normalized spacial score (nSPS) is 14.0. The Balaban J connectivity index is 1.98. The van der Waals surface area contributed by atoms with E-state index in [1.165, 1.54) is 11.3 Å². The van der Waals surface area contributed by atoms with Gasteiger partial charge in [0.1, 0.15) is 4.83 Å². The number of rotatable bonds is 5. The van der Waals surface area contributed by atoms with Crippen molar-refractivity contribution in [2.24, 2.45) is 11.7 Å². The molecule has 0 radical (unpaired) electrons. The van der Waals surface area contributed by atoms with E-state index < -0.39 is 5.54 Å². The van der Waals surface area contributed by atoms with Gasteiger partial charge in [-0.25, -0.2) is 4.68 Å². The Kier molecular flexibility index (Phi) is 4.67. The Morgan fingerprint density at radius 2 is 2.04 bits per heavy atom. The third-order valence-electron chi connectivity index (χ3n) is 4.87. The first-order valence-corrected chi connectivity index (χ1v) is 9.24. The van der Waals surface area contributed by atoms with Crippen molar-refractivity contribution in [3.63, 3.8) is 0 Å². The van der Waals surface area contributed by atoms with E-state index in [4.69, 9.17) is 5.73 Å². The molecule has 3 N–H and O–H groups in total. The summed E-state index contributed by atoms with van der Waals surface area (Å²) in [5.74, 6) is 0.166. The molecule has 0 aliphatic heterocycles. The summed E-state index contributed by atoms with van der Waals surface area (Å²) in [6.45, 7) is 8.48. The number of nitrogens with two attached hydrogens (primary N) is 1. The smallest absolute Gasteiger partial charge is 0.261 e. The fourth-order valence-corrected chi connectivity index (χ4v) is 3.73. The van der Waals surface area contributed by atoms with Crippen molar-refractivity contribution < 1.29 is 4.79 Å². The van der Waals surface area contributed by atoms with Crippen LogP contribution in [-0.4, -0.2) is 27.8 Å². The number of hydrogen-bond acceptors (Lipinski definition) is 4. The lowest BCUT2D eigenvalue weighted by Crippen LogP contribution is -2.54. The minimum Gasteiger partial charge on any atom is -0.345 e. The standard InChI is InChI=1S/C19H24N4OS/c1-12(2)19(4,11-20)21-17(24)16-10-15-13(3)22-23(18(15)25-16)14-8-6-5-7-9-14/h5-10,12H,11,20H2,1-4H3,(H,21,24). The van der Waals surface area contributed by atoms with E-state index in [1.807, 2.05) is 54.9 Å². The molecule has 2 aromatic heterocycles. The van der Waals surface area contributed by atoms with E-state index in [0.717, 1.165) is 21.6 Å². The predicted molar refractivity (Wildman–Crippen MR) is 103 cm³/mol. The molecule has 132 valence electrons. The molecule has 1 atom stereocenters. The Morgan fingerprint density at radius 3 is 2.64 bits per heavy atom. The monoisotopic (exact) mass is 356 g/mol. The van der Waals surface area contributed by atoms with Crippen LogP contribution in [0.5, 0.6) is 0 Å². The van der Waals surface area contributed by atoms with Gasteiger partial charge in [-0.15, -0.1) is 11.3 Å². The van der Waals surface area contributed by atoms with Crippen molar-refractivity contribution in [1.29, 1.82) is 0 Å². The van der Waals surface area contributed by atoms with E-state index in [-0.39, 0.29) is 11.8 Å². The largest absolute Gasteiger partial charge is 0.345 e. The lowest BCUT2D eigenvalue weighted by molar-refractivity contribution is 0.0887. The number of aromatic nitrogens is 2. The zero-order valence-electron chi connectivity index (χ0n) is 15.0. The molecule has 6 heteroatoms. The van der Waals surface area contributed by atoms with Crippen molar-refractivity contribution in [3.8, 4) is 5.69 Å². The lowest BCUT2D eigenvalue weighted by atomic mass is 9.88. The van der Waals surface area contributed by atoms with Crippen molar-refractivity contribution in [2.45, 2.75) is 33.2 Å². The fourth-order valence-electron chi connectivity index (χ4n) is 2.66. The van der Waals surface area contributed by atoms with Crippen molar-refractivity contribution in [3.05, 3.63) is 47.0 Å². The molecular formula is C19H24N4OS. The van der Waals surface area contributed by atoms with Gasteiger partial charge in [0.05, 0.1) is 21.8 Å². The number of nitrogens with one attached hydrogen (secondary N) is 1. The molecule has 5 nitrogen and oxygen atoms in total. The zero-order valence-corrected chi connectivity index (χ0v) is 15.9. The minimum absolute atomic E-state index is 0.0816. The average molecular weight is 356 g/mol. The van der Waals surface area contributed by atoms with Crippen molar-refractivity contribution in [2.75, 3.05) is 6.54 Å². The fraction of sp³-hybridized carbons (Fsp3) is 0.368. The number of nitrogens with zero attached hydrogens (tertiary/aromatic N) is 2. The van der Waals surface area contributed by atoms with Crippen LogP contribution in [-0.2, 0) is 0 Å². The molecule has 0 saturated carbocycles. The van der Waals surface area contributed by atoms with Crippen LogP contribution in [0.15, 0.2) is 36.4 Å². The molecule has 0 saturated heterocycles. The maximum Gasteiger partial charge on any atom is 0.261 e. The molecule has 3 aromatic rings. The third kappa shape index (κ3) is 3.19. The van der Waals surface area contributed by atoms with Crippen LogP contribution in [0.2, 0.25) is 0 Å². The number of fused-ring (bicyclic) bond motifs is 1. The van der Waals surface area contributed by atoms with E-state index in [1.54, 1.807) is 0 Å². The van der Waals surface area contributed by atoms with Crippen molar-refractivity contribution >= 4 is 27.5 Å². The first-order chi connectivity index (χ1) is 11.9. The third-order valence-corrected chi connectivity index (χ3v) is 5.98. The highest BCUT2D eigenvalue weighted by Gasteiger charge is 2.30. The van der Waals surface area contributed by atoms with Crippen LogP contribution in [0.3, 0.4) is 0 Å². The summed E-state index contributed by atoms with van der Waals surface area (Å²) in [4.78, 5) is 14.4. The molecule has 0 bridgehead atoms. The molecule has 0 spiro atoms. The molecule has 3 rings (SSSR count). The van der Waals surface area contributed by atoms with Gasteiger partial charge in [0.25, 0.3) is 5.91 Å². The number of carbonyl (C=O) groups is 1. The van der Waals surface area contributed by atoms with E-state index in [0.29, 0.717) is 11.4 Å². The van der Waals surface area contributed by atoms with Crippen LogP contribution < -0.4 is 11.1 Å². The van der Waals surface area contributed by atoms with Gasteiger partial charge in [0.2, 0.25) is 0 Å². The number of para-hydroxylation sites is 1. The van der Waals surface area contributed by atoms with Crippen LogP contribution in [0.1, 0.15) is 36.1 Å². The highest BCUT2D eigenvalue weighted by molar-refractivity contribution is 7.20. The molecule has 1 unspecified atom stereocenters. The number of aryl methyl sites for hydroxylation is 1. The summed E-state index contributed by atoms with van der Waals surface area (Å²) < 4.78 is 1.90. The lowest BCUT2D eigenvalue weighted by Gasteiger charge is -2.33. The second-order valence-electron chi connectivity index (χ2n) is 6.89. The molecule has 25 heavy (non-hydrogen) atoms. The quantitative estimate of drug-likeness (QED) is 0.735. The Hall–Kier alpha value is -2.18. The second kappa shape index (κ2) is 6.61. The molecule has 0 aliphatic carbocycles. The first-order valence-electron chi connectivity index (χ1n) is 8.43. The van der Waals surface area contributed by atoms with Gasteiger partial charge < -0.3 is 11.1 Å². The predicted octanol–water partition coefficient (Wildman–Crippen LogP) is 3.50. The zero-order chi connectivity index (χ0) is 18.2. The van der Waals surface area contributed by atoms with Gasteiger partial charge >= 0.3 is 0 Å². The highest BCUT2D eigenvalue weighted by Crippen LogP contribution is 2.30. The maximum atomic E-state index is 12.8. The van der Waals surface area contributed by atoms with Gasteiger partial charge in [-0.1, -0.05) is 32.0 Å². The number of hydrogen-bond donors (Lipinski definition) is 2. The molecule has 0 aliphatic rings. The van der Waals surface area contributed by atoms with E-state index >= 15 is 0 Å².